The molecule has 0 spiro atoms. The van der Waals surface area contributed by atoms with Gasteiger partial charge in [0.1, 0.15) is 5.82 Å². The molecule has 1 saturated heterocycles. The summed E-state index contributed by atoms with van der Waals surface area (Å²) in [5.41, 5.74) is 5.46. The zero-order chi connectivity index (χ0) is 17.8. The molecule has 1 heterocycles. The van der Waals surface area contributed by atoms with E-state index in [9.17, 15) is 9.50 Å². The summed E-state index contributed by atoms with van der Waals surface area (Å²) in [7, 11) is 0. The normalized spacial score (nSPS) is 15.6. The summed E-state index contributed by atoms with van der Waals surface area (Å²) in [5, 5.41) is 13.0. The van der Waals surface area contributed by atoms with Gasteiger partial charge < -0.3 is 15.3 Å². The van der Waals surface area contributed by atoms with Gasteiger partial charge in [-0.1, -0.05) is 24.3 Å². The first-order valence-electron chi connectivity index (χ1n) is 9.02. The number of aliphatic hydroxyl groups excluding tert-OH is 1. The molecule has 2 N–H and O–H groups in total. The fourth-order valence-electron chi connectivity index (χ4n) is 3.48. The van der Waals surface area contributed by atoms with Crippen molar-refractivity contribution in [2.45, 2.75) is 45.9 Å². The molecule has 0 aromatic heterocycles. The van der Waals surface area contributed by atoms with Crippen LogP contribution in [0.3, 0.4) is 0 Å². The smallest absolute Gasteiger partial charge is 0.146 e. The van der Waals surface area contributed by atoms with E-state index in [1.165, 1.54) is 16.7 Å². The minimum atomic E-state index is -0.243. The standard InChI is InChI=1S/C21H27FN2O/c1-15-4-3-5-16(2)19(15)14-23-13-17-6-7-21(20(22)12-17)24-10-8-18(25)9-11-24/h3-7,12,18,23,25H,8-11,13-14H2,1-2H3. The first-order valence-corrected chi connectivity index (χ1v) is 9.02. The zero-order valence-corrected chi connectivity index (χ0v) is 15.1. The van der Waals surface area contributed by atoms with Crippen LogP contribution in [-0.2, 0) is 13.1 Å². The summed E-state index contributed by atoms with van der Waals surface area (Å²) in [4.78, 5) is 2.02. The van der Waals surface area contributed by atoms with Crippen LogP contribution in [0, 0.1) is 19.7 Å². The van der Waals surface area contributed by atoms with E-state index in [1.54, 1.807) is 6.07 Å². The van der Waals surface area contributed by atoms with Crippen LogP contribution in [0.1, 0.15) is 35.1 Å². The number of hydrogen-bond acceptors (Lipinski definition) is 3. The fourth-order valence-corrected chi connectivity index (χ4v) is 3.48. The van der Waals surface area contributed by atoms with Gasteiger partial charge in [0.25, 0.3) is 0 Å². The SMILES string of the molecule is Cc1cccc(C)c1CNCc1ccc(N2CCC(O)CC2)c(F)c1. The number of anilines is 1. The number of aliphatic hydroxyl groups is 1. The Morgan fingerprint density at radius 2 is 1.76 bits per heavy atom. The maximum Gasteiger partial charge on any atom is 0.146 e. The van der Waals surface area contributed by atoms with Crippen molar-refractivity contribution in [1.29, 1.82) is 0 Å². The first kappa shape index (κ1) is 17.9. The fraction of sp³-hybridized carbons (Fsp3) is 0.429. The Balaban J connectivity index is 1.60. The molecule has 1 aliphatic heterocycles. The lowest BCUT2D eigenvalue weighted by Crippen LogP contribution is -2.36. The number of halogens is 1. The molecule has 4 heteroatoms. The third kappa shape index (κ3) is 4.39. The molecule has 1 aliphatic rings. The van der Waals surface area contributed by atoms with E-state index in [1.807, 2.05) is 17.0 Å². The highest BCUT2D eigenvalue weighted by molar-refractivity contribution is 5.49. The summed E-state index contributed by atoms with van der Waals surface area (Å²) in [6.45, 7) is 7.09. The van der Waals surface area contributed by atoms with E-state index in [2.05, 4.69) is 37.4 Å². The minimum Gasteiger partial charge on any atom is -0.393 e. The lowest BCUT2D eigenvalue weighted by atomic mass is 10.0. The van der Waals surface area contributed by atoms with E-state index < -0.39 is 0 Å². The zero-order valence-electron chi connectivity index (χ0n) is 15.1. The van der Waals surface area contributed by atoms with Crippen molar-refractivity contribution >= 4 is 5.69 Å². The van der Waals surface area contributed by atoms with Crippen LogP contribution >= 0.6 is 0 Å². The molecule has 0 radical (unpaired) electrons. The number of piperidine rings is 1. The van der Waals surface area contributed by atoms with Gasteiger partial charge >= 0.3 is 0 Å². The van der Waals surface area contributed by atoms with Crippen LogP contribution in [-0.4, -0.2) is 24.3 Å². The average Bonchev–Trinajstić information content (AvgIpc) is 2.59. The Hall–Kier alpha value is -1.91. The predicted molar refractivity (Wildman–Crippen MR) is 100 cm³/mol. The molecule has 0 aliphatic carbocycles. The van der Waals surface area contributed by atoms with E-state index in [4.69, 9.17) is 0 Å². The van der Waals surface area contributed by atoms with Gasteiger partial charge in [0, 0.05) is 26.2 Å². The number of benzene rings is 2. The second-order valence-corrected chi connectivity index (χ2v) is 6.98. The molecule has 0 bridgehead atoms. The van der Waals surface area contributed by atoms with Crippen LogP contribution in [0.2, 0.25) is 0 Å². The first-order chi connectivity index (χ1) is 12.0. The van der Waals surface area contributed by atoms with Crippen molar-refractivity contribution in [3.63, 3.8) is 0 Å². The molecular formula is C21H27FN2O. The summed E-state index contributed by atoms with van der Waals surface area (Å²) >= 11 is 0. The maximum atomic E-state index is 14.5. The number of aryl methyl sites for hydroxylation is 2. The molecule has 0 saturated carbocycles. The summed E-state index contributed by atoms with van der Waals surface area (Å²) in [6, 6.07) is 11.8. The van der Waals surface area contributed by atoms with Gasteiger partial charge in [0.2, 0.25) is 0 Å². The molecule has 0 atom stereocenters. The molecule has 3 nitrogen and oxygen atoms in total. The highest BCUT2D eigenvalue weighted by atomic mass is 19.1. The lowest BCUT2D eigenvalue weighted by molar-refractivity contribution is 0.145. The monoisotopic (exact) mass is 342 g/mol. The number of hydrogen-bond donors (Lipinski definition) is 2. The van der Waals surface area contributed by atoms with E-state index >= 15 is 0 Å². The number of nitrogens with one attached hydrogen (secondary N) is 1. The molecule has 134 valence electrons. The van der Waals surface area contributed by atoms with Crippen molar-refractivity contribution < 1.29 is 9.50 Å². The summed E-state index contributed by atoms with van der Waals surface area (Å²) in [6.07, 6.45) is 1.17. The minimum absolute atomic E-state index is 0.178. The van der Waals surface area contributed by atoms with Gasteiger partial charge in [-0.25, -0.2) is 4.39 Å². The van der Waals surface area contributed by atoms with Crippen molar-refractivity contribution in [1.82, 2.24) is 5.32 Å². The van der Waals surface area contributed by atoms with Gasteiger partial charge in [-0.05, 0) is 61.1 Å². The highest BCUT2D eigenvalue weighted by Gasteiger charge is 2.19. The Morgan fingerprint density at radius 1 is 1.08 bits per heavy atom. The highest BCUT2D eigenvalue weighted by Crippen LogP contribution is 2.24. The summed E-state index contributed by atoms with van der Waals surface area (Å²) < 4.78 is 14.5. The molecule has 0 unspecified atom stereocenters. The van der Waals surface area contributed by atoms with Crippen molar-refractivity contribution in [3.05, 3.63) is 64.5 Å². The number of nitrogens with zero attached hydrogens (tertiary/aromatic N) is 1. The van der Waals surface area contributed by atoms with Gasteiger partial charge in [-0.15, -0.1) is 0 Å². The Bertz CT molecular complexity index is 704. The molecular weight excluding hydrogens is 315 g/mol. The Kier molecular flexibility index (Phi) is 5.71. The van der Waals surface area contributed by atoms with Gasteiger partial charge in [0.05, 0.1) is 11.8 Å². The second kappa shape index (κ2) is 7.98. The van der Waals surface area contributed by atoms with Crippen LogP contribution in [0.25, 0.3) is 0 Å². The molecule has 25 heavy (non-hydrogen) atoms. The van der Waals surface area contributed by atoms with Crippen LogP contribution in [0.4, 0.5) is 10.1 Å². The Morgan fingerprint density at radius 3 is 2.40 bits per heavy atom. The van der Waals surface area contributed by atoms with Gasteiger partial charge in [-0.3, -0.25) is 0 Å². The quantitative estimate of drug-likeness (QED) is 0.870. The number of rotatable bonds is 5. The van der Waals surface area contributed by atoms with Crippen LogP contribution in [0.5, 0.6) is 0 Å². The molecule has 2 aromatic carbocycles. The molecule has 0 amide bonds. The van der Waals surface area contributed by atoms with E-state index in [0.29, 0.717) is 38.2 Å². The van der Waals surface area contributed by atoms with Gasteiger partial charge in [-0.2, -0.15) is 0 Å². The predicted octanol–water partition coefficient (Wildman–Crippen LogP) is 3.69. The van der Waals surface area contributed by atoms with Crippen LogP contribution in [0.15, 0.2) is 36.4 Å². The van der Waals surface area contributed by atoms with Crippen molar-refractivity contribution in [2.75, 3.05) is 18.0 Å². The third-order valence-corrected chi connectivity index (χ3v) is 5.09. The lowest BCUT2D eigenvalue weighted by Gasteiger charge is -2.31. The topological polar surface area (TPSA) is 35.5 Å². The third-order valence-electron chi connectivity index (χ3n) is 5.09. The van der Waals surface area contributed by atoms with Gasteiger partial charge in [0.15, 0.2) is 0 Å². The molecule has 3 rings (SSSR count). The largest absolute Gasteiger partial charge is 0.393 e. The summed E-state index contributed by atoms with van der Waals surface area (Å²) in [5.74, 6) is -0.178. The van der Waals surface area contributed by atoms with E-state index in [-0.39, 0.29) is 11.9 Å². The van der Waals surface area contributed by atoms with Crippen LogP contribution < -0.4 is 10.2 Å². The molecule has 2 aromatic rings. The molecule has 1 fully saturated rings. The average molecular weight is 342 g/mol. The van der Waals surface area contributed by atoms with E-state index in [0.717, 1.165) is 12.1 Å². The second-order valence-electron chi connectivity index (χ2n) is 6.98. The van der Waals surface area contributed by atoms with Crippen molar-refractivity contribution in [3.8, 4) is 0 Å². The Labute approximate surface area is 149 Å². The maximum absolute atomic E-state index is 14.5. The van der Waals surface area contributed by atoms with Crippen molar-refractivity contribution in [2.24, 2.45) is 0 Å².